The zero-order valence-electron chi connectivity index (χ0n) is 8.04. The Morgan fingerprint density at radius 2 is 2.00 bits per heavy atom. The number of nitrogens with zero attached hydrogens (tertiary/aromatic N) is 1. The lowest BCUT2D eigenvalue weighted by Gasteiger charge is -2.35. The molecule has 3 rings (SSSR count). The van der Waals surface area contributed by atoms with Crippen molar-refractivity contribution >= 4 is 0 Å². The summed E-state index contributed by atoms with van der Waals surface area (Å²) in [6, 6.07) is 0.751. The molecule has 0 aromatic carbocycles. The summed E-state index contributed by atoms with van der Waals surface area (Å²) in [6.07, 6.45) is 5.09. The van der Waals surface area contributed by atoms with Crippen LogP contribution in [0.2, 0.25) is 0 Å². The summed E-state index contributed by atoms with van der Waals surface area (Å²) >= 11 is 0. The average Bonchev–Trinajstić information content (AvgIpc) is 2.80. The van der Waals surface area contributed by atoms with Crippen LogP contribution in [0.3, 0.4) is 0 Å². The molecule has 0 aliphatic carbocycles. The summed E-state index contributed by atoms with van der Waals surface area (Å²) in [5.41, 5.74) is 0. The summed E-state index contributed by atoms with van der Waals surface area (Å²) < 4.78 is 5.88. The Morgan fingerprint density at radius 1 is 1.15 bits per heavy atom. The summed E-state index contributed by atoms with van der Waals surface area (Å²) in [6.45, 7) is 4.76. The zero-order chi connectivity index (χ0) is 8.67. The van der Waals surface area contributed by atoms with Gasteiger partial charge in [0.1, 0.15) is 0 Å². The van der Waals surface area contributed by atoms with E-state index in [-0.39, 0.29) is 0 Å². The van der Waals surface area contributed by atoms with Crippen LogP contribution in [-0.2, 0) is 4.74 Å². The van der Waals surface area contributed by atoms with Gasteiger partial charge in [-0.2, -0.15) is 0 Å². The van der Waals surface area contributed by atoms with Crippen LogP contribution < -0.4 is 5.32 Å². The van der Waals surface area contributed by atoms with Gasteiger partial charge in [0.15, 0.2) is 0 Å². The van der Waals surface area contributed by atoms with E-state index in [0.29, 0.717) is 12.2 Å². The minimum atomic E-state index is 0.572. The molecule has 3 unspecified atom stereocenters. The minimum absolute atomic E-state index is 0.572. The molecule has 3 nitrogen and oxygen atoms in total. The first-order chi connectivity index (χ1) is 6.43. The lowest BCUT2D eigenvalue weighted by molar-refractivity contribution is 0.0655. The largest absolute Gasteiger partial charge is 0.373 e. The SMILES string of the molecule is C1CN(C2CC3CCC2O3)CCN1. The molecule has 3 fully saturated rings. The monoisotopic (exact) mass is 182 g/mol. The summed E-state index contributed by atoms with van der Waals surface area (Å²) in [7, 11) is 0. The van der Waals surface area contributed by atoms with Crippen LogP contribution in [0.4, 0.5) is 0 Å². The van der Waals surface area contributed by atoms with E-state index >= 15 is 0 Å². The van der Waals surface area contributed by atoms with Crippen LogP contribution in [0, 0.1) is 0 Å². The van der Waals surface area contributed by atoms with E-state index in [1.807, 2.05) is 0 Å². The predicted octanol–water partition coefficient (Wildman–Crippen LogP) is 0.211. The second kappa shape index (κ2) is 3.23. The molecule has 0 amide bonds. The lowest BCUT2D eigenvalue weighted by atomic mass is 9.94. The number of ether oxygens (including phenoxy) is 1. The number of nitrogens with one attached hydrogen (secondary N) is 1. The fourth-order valence-corrected chi connectivity index (χ4v) is 3.01. The molecule has 0 aromatic heterocycles. The van der Waals surface area contributed by atoms with Crippen molar-refractivity contribution in [1.82, 2.24) is 10.2 Å². The van der Waals surface area contributed by atoms with Crippen molar-refractivity contribution in [1.29, 1.82) is 0 Å². The Balaban J connectivity index is 1.65. The van der Waals surface area contributed by atoms with Gasteiger partial charge in [0.25, 0.3) is 0 Å². The first kappa shape index (κ1) is 8.21. The summed E-state index contributed by atoms with van der Waals surface area (Å²) in [4.78, 5) is 2.63. The van der Waals surface area contributed by atoms with Gasteiger partial charge in [-0.15, -0.1) is 0 Å². The molecule has 3 aliphatic heterocycles. The van der Waals surface area contributed by atoms with Gasteiger partial charge in [0, 0.05) is 32.2 Å². The Hall–Kier alpha value is -0.120. The van der Waals surface area contributed by atoms with Gasteiger partial charge < -0.3 is 10.1 Å². The van der Waals surface area contributed by atoms with Crippen molar-refractivity contribution in [2.45, 2.75) is 37.5 Å². The number of hydrogen-bond donors (Lipinski definition) is 1. The van der Waals surface area contributed by atoms with Crippen LogP contribution in [0.5, 0.6) is 0 Å². The van der Waals surface area contributed by atoms with E-state index in [1.54, 1.807) is 0 Å². The fraction of sp³-hybridized carbons (Fsp3) is 1.00. The maximum Gasteiger partial charge on any atom is 0.0735 e. The standard InChI is InChI=1S/C10H18N2O/c1-2-10-9(7-8(1)13-10)12-5-3-11-4-6-12/h8-11H,1-7H2. The molecule has 0 aromatic rings. The molecule has 3 saturated heterocycles. The third-order valence-corrected chi connectivity index (χ3v) is 3.69. The second-order valence-electron chi connectivity index (χ2n) is 4.46. The molecular formula is C10H18N2O. The lowest BCUT2D eigenvalue weighted by Crippen LogP contribution is -2.51. The maximum absolute atomic E-state index is 5.88. The minimum Gasteiger partial charge on any atom is -0.373 e. The molecule has 74 valence electrons. The highest BCUT2D eigenvalue weighted by Gasteiger charge is 2.43. The number of rotatable bonds is 1. The number of piperazine rings is 1. The highest BCUT2D eigenvalue weighted by molar-refractivity contribution is 4.96. The molecule has 0 spiro atoms. The Morgan fingerprint density at radius 3 is 2.62 bits per heavy atom. The van der Waals surface area contributed by atoms with Crippen molar-refractivity contribution in [3.05, 3.63) is 0 Å². The first-order valence-electron chi connectivity index (χ1n) is 5.54. The van der Waals surface area contributed by atoms with E-state index in [2.05, 4.69) is 10.2 Å². The van der Waals surface area contributed by atoms with Gasteiger partial charge in [0.05, 0.1) is 12.2 Å². The van der Waals surface area contributed by atoms with Crippen LogP contribution in [-0.4, -0.2) is 49.3 Å². The molecule has 0 saturated carbocycles. The van der Waals surface area contributed by atoms with Crippen LogP contribution in [0.1, 0.15) is 19.3 Å². The molecular weight excluding hydrogens is 164 g/mol. The van der Waals surface area contributed by atoms with Crippen molar-refractivity contribution in [2.24, 2.45) is 0 Å². The van der Waals surface area contributed by atoms with Crippen molar-refractivity contribution < 1.29 is 4.74 Å². The van der Waals surface area contributed by atoms with E-state index in [1.165, 1.54) is 32.4 Å². The third-order valence-electron chi connectivity index (χ3n) is 3.69. The van der Waals surface area contributed by atoms with E-state index in [9.17, 15) is 0 Å². The van der Waals surface area contributed by atoms with Crippen molar-refractivity contribution in [3.63, 3.8) is 0 Å². The van der Waals surface area contributed by atoms with Crippen LogP contribution in [0.25, 0.3) is 0 Å². The zero-order valence-corrected chi connectivity index (χ0v) is 8.04. The topological polar surface area (TPSA) is 24.5 Å². The highest BCUT2D eigenvalue weighted by atomic mass is 16.5. The number of fused-ring (bicyclic) bond motifs is 2. The van der Waals surface area contributed by atoms with Gasteiger partial charge in [-0.05, 0) is 19.3 Å². The predicted molar refractivity (Wildman–Crippen MR) is 50.7 cm³/mol. The van der Waals surface area contributed by atoms with Crippen LogP contribution in [0.15, 0.2) is 0 Å². The van der Waals surface area contributed by atoms with Gasteiger partial charge in [-0.25, -0.2) is 0 Å². The molecule has 3 aliphatic rings. The normalized spacial score (nSPS) is 45.7. The quantitative estimate of drug-likeness (QED) is 0.627. The van der Waals surface area contributed by atoms with E-state index in [0.717, 1.165) is 19.1 Å². The first-order valence-corrected chi connectivity index (χ1v) is 5.54. The molecule has 0 radical (unpaired) electrons. The molecule has 13 heavy (non-hydrogen) atoms. The molecule has 2 bridgehead atoms. The van der Waals surface area contributed by atoms with E-state index < -0.39 is 0 Å². The maximum atomic E-state index is 5.88. The van der Waals surface area contributed by atoms with Gasteiger partial charge in [-0.3, -0.25) is 4.90 Å². The van der Waals surface area contributed by atoms with E-state index in [4.69, 9.17) is 4.74 Å². The molecule has 1 N–H and O–H groups in total. The highest BCUT2D eigenvalue weighted by Crippen LogP contribution is 2.37. The molecule has 3 heterocycles. The summed E-state index contributed by atoms with van der Waals surface area (Å²) in [5, 5.41) is 3.40. The van der Waals surface area contributed by atoms with Crippen LogP contribution >= 0.6 is 0 Å². The average molecular weight is 182 g/mol. The summed E-state index contributed by atoms with van der Waals surface area (Å²) in [5.74, 6) is 0. The fourth-order valence-electron chi connectivity index (χ4n) is 3.01. The van der Waals surface area contributed by atoms with Gasteiger partial charge in [-0.1, -0.05) is 0 Å². The van der Waals surface area contributed by atoms with Crippen molar-refractivity contribution in [3.8, 4) is 0 Å². The third kappa shape index (κ3) is 1.39. The molecule has 3 heteroatoms. The number of hydrogen-bond acceptors (Lipinski definition) is 3. The second-order valence-corrected chi connectivity index (χ2v) is 4.46. The molecule has 3 atom stereocenters. The van der Waals surface area contributed by atoms with Gasteiger partial charge in [0.2, 0.25) is 0 Å². The van der Waals surface area contributed by atoms with Crippen molar-refractivity contribution in [2.75, 3.05) is 26.2 Å². The Kier molecular flexibility index (Phi) is 2.04. The Labute approximate surface area is 79.4 Å². The van der Waals surface area contributed by atoms with Gasteiger partial charge >= 0.3 is 0 Å². The smallest absolute Gasteiger partial charge is 0.0735 e. The Bertz CT molecular complexity index is 191.